The zero-order valence-corrected chi connectivity index (χ0v) is 16.4. The number of benzene rings is 1. The third kappa shape index (κ3) is 3.15. The van der Waals surface area contributed by atoms with Gasteiger partial charge in [0, 0.05) is 22.6 Å². The number of ketones is 1. The van der Waals surface area contributed by atoms with Crippen molar-refractivity contribution in [1.82, 2.24) is 4.90 Å². The average Bonchev–Trinajstić information content (AvgIpc) is 3.29. The van der Waals surface area contributed by atoms with Gasteiger partial charge in [-0.15, -0.1) is 0 Å². The Balaban J connectivity index is 1.65. The Morgan fingerprint density at radius 2 is 2.14 bits per heavy atom. The van der Waals surface area contributed by atoms with Crippen LogP contribution in [0.25, 0.3) is 0 Å². The van der Waals surface area contributed by atoms with Gasteiger partial charge in [0.2, 0.25) is 11.4 Å². The van der Waals surface area contributed by atoms with Crippen molar-refractivity contribution in [3.63, 3.8) is 0 Å². The van der Waals surface area contributed by atoms with Crippen LogP contribution in [-0.2, 0) is 15.5 Å². The van der Waals surface area contributed by atoms with Crippen molar-refractivity contribution in [2.24, 2.45) is 20.7 Å². The van der Waals surface area contributed by atoms with E-state index in [1.54, 1.807) is 35.2 Å². The molecular formula is C18H21N5O5S. The Labute approximate surface area is 169 Å². The van der Waals surface area contributed by atoms with Gasteiger partial charge in [0.25, 0.3) is 0 Å². The minimum Gasteiger partial charge on any atom is -0.394 e. The van der Waals surface area contributed by atoms with E-state index >= 15 is 0 Å². The van der Waals surface area contributed by atoms with Crippen LogP contribution < -0.4 is 5.73 Å². The zero-order chi connectivity index (χ0) is 20.8. The van der Waals surface area contributed by atoms with Gasteiger partial charge < -0.3 is 19.8 Å². The maximum absolute atomic E-state index is 13.1. The van der Waals surface area contributed by atoms with E-state index in [2.05, 4.69) is 15.0 Å². The number of Topliss-reactive ketones (excluding diaryl/α,β-unsaturated/α-hetero) is 1. The smallest absolute Gasteiger partial charge is 0.219 e. The number of ether oxygens (including phenoxy) is 1. The van der Waals surface area contributed by atoms with Gasteiger partial charge in [0.05, 0.1) is 6.61 Å². The van der Waals surface area contributed by atoms with E-state index in [0.717, 1.165) is 0 Å². The maximum Gasteiger partial charge on any atom is 0.219 e. The molecule has 1 aromatic carbocycles. The largest absolute Gasteiger partial charge is 0.394 e. The molecule has 10 nitrogen and oxygen atoms in total. The van der Waals surface area contributed by atoms with E-state index < -0.39 is 52.5 Å². The molecule has 4 N–H and O–H groups in total. The van der Waals surface area contributed by atoms with Crippen molar-refractivity contribution >= 4 is 34.5 Å². The fourth-order valence-electron chi connectivity index (χ4n) is 3.74. The van der Waals surface area contributed by atoms with Crippen molar-refractivity contribution in [3.8, 4) is 0 Å². The van der Waals surface area contributed by atoms with Gasteiger partial charge >= 0.3 is 0 Å². The Morgan fingerprint density at radius 1 is 1.41 bits per heavy atom. The number of fused-ring (bicyclic) bond motifs is 1. The lowest BCUT2D eigenvalue weighted by molar-refractivity contribution is -0.0557. The molecule has 2 unspecified atom stereocenters. The number of hydrogen-bond donors (Lipinski definition) is 3. The highest BCUT2D eigenvalue weighted by molar-refractivity contribution is 7.85. The first-order valence-electron chi connectivity index (χ1n) is 8.97. The number of aliphatic hydroxyl groups excluding tert-OH is 2. The number of nitrogens with two attached hydrogens (primary N) is 1. The van der Waals surface area contributed by atoms with Crippen molar-refractivity contribution in [3.05, 3.63) is 35.9 Å². The molecule has 1 saturated heterocycles. The number of hydrogen-bond acceptors (Lipinski definition) is 10. The van der Waals surface area contributed by atoms with E-state index in [4.69, 9.17) is 10.5 Å². The van der Waals surface area contributed by atoms with Crippen molar-refractivity contribution in [1.29, 1.82) is 0 Å². The molecular weight excluding hydrogens is 398 g/mol. The van der Waals surface area contributed by atoms with E-state index in [9.17, 15) is 19.2 Å². The summed E-state index contributed by atoms with van der Waals surface area (Å²) in [5, 5.41) is 19.1. The molecule has 0 radical (unpaired) electrons. The summed E-state index contributed by atoms with van der Waals surface area (Å²) in [6.07, 6.45) is -0.204. The second-order valence-corrected chi connectivity index (χ2v) is 8.52. The quantitative estimate of drug-likeness (QED) is 0.492. The van der Waals surface area contributed by atoms with Gasteiger partial charge in [0.15, 0.2) is 12.1 Å². The molecule has 3 heterocycles. The van der Waals surface area contributed by atoms with E-state index in [0.29, 0.717) is 5.56 Å². The standard InChI is InChI=1S/C18H21N5O5S/c1-29(27)13-12(25)11(7-24)28-17(13)23-9-21-14-16(23)20-8-22-18(14,19)15(26)10-5-3-2-4-6-10/h2-6,8,11-13,17,24-25H,7,9,19H2,1H3/t11-,12-,13-,17-,18?,29?/m1/s1. The maximum atomic E-state index is 13.1. The number of carbonyl (C=O) groups excluding carboxylic acids is 1. The second kappa shape index (κ2) is 7.50. The molecule has 11 heteroatoms. The summed E-state index contributed by atoms with van der Waals surface area (Å²) in [7, 11) is -1.45. The van der Waals surface area contributed by atoms with Crippen molar-refractivity contribution in [2.75, 3.05) is 19.5 Å². The number of aliphatic hydroxyl groups is 2. The SMILES string of the molecule is CS(=O)[C@@H]1[C@H](O)[C@@H](CO)O[C@H]1N1CN=C2C1=NC=NC2(N)C(=O)c1ccccc1. The monoisotopic (exact) mass is 419 g/mol. The first-order valence-corrected chi connectivity index (χ1v) is 10.6. The van der Waals surface area contributed by atoms with Crippen LogP contribution in [0, 0.1) is 0 Å². The molecule has 29 heavy (non-hydrogen) atoms. The summed E-state index contributed by atoms with van der Waals surface area (Å²) < 4.78 is 18.0. The van der Waals surface area contributed by atoms with Crippen LogP contribution >= 0.6 is 0 Å². The summed E-state index contributed by atoms with van der Waals surface area (Å²) >= 11 is 0. The van der Waals surface area contributed by atoms with Gasteiger partial charge in [0.1, 0.15) is 36.2 Å². The van der Waals surface area contributed by atoms with Crippen LogP contribution in [0.5, 0.6) is 0 Å². The normalized spacial score (nSPS) is 34.6. The summed E-state index contributed by atoms with van der Waals surface area (Å²) in [4.78, 5) is 27.4. The third-order valence-electron chi connectivity index (χ3n) is 5.23. The van der Waals surface area contributed by atoms with Gasteiger partial charge in [-0.1, -0.05) is 30.3 Å². The summed E-state index contributed by atoms with van der Waals surface area (Å²) in [5.74, 6) is -0.156. The van der Waals surface area contributed by atoms with Crippen LogP contribution in [0.2, 0.25) is 0 Å². The first kappa shape index (κ1) is 20.0. The van der Waals surface area contributed by atoms with Gasteiger partial charge in [-0.05, 0) is 0 Å². The highest BCUT2D eigenvalue weighted by Crippen LogP contribution is 2.32. The predicted molar refractivity (Wildman–Crippen MR) is 107 cm³/mol. The predicted octanol–water partition coefficient (Wildman–Crippen LogP) is -1.50. The molecule has 0 aliphatic carbocycles. The van der Waals surface area contributed by atoms with Crippen molar-refractivity contribution < 1.29 is 24.0 Å². The zero-order valence-electron chi connectivity index (χ0n) is 15.6. The third-order valence-corrected chi connectivity index (χ3v) is 6.51. The van der Waals surface area contributed by atoms with Crippen LogP contribution in [0.4, 0.5) is 0 Å². The molecule has 0 amide bonds. The highest BCUT2D eigenvalue weighted by Gasteiger charge is 2.54. The Bertz CT molecular complexity index is 936. The molecule has 1 fully saturated rings. The Hall–Kier alpha value is -2.31. The molecule has 0 spiro atoms. The van der Waals surface area contributed by atoms with Crippen LogP contribution in [0.1, 0.15) is 10.4 Å². The minimum absolute atomic E-state index is 0.0434. The Morgan fingerprint density at radius 3 is 2.79 bits per heavy atom. The summed E-state index contributed by atoms with van der Waals surface area (Å²) in [6, 6.07) is 8.53. The topological polar surface area (TPSA) is 150 Å². The van der Waals surface area contributed by atoms with Crippen molar-refractivity contribution in [2.45, 2.75) is 29.3 Å². The molecule has 6 atom stereocenters. The van der Waals surface area contributed by atoms with E-state index in [-0.39, 0.29) is 18.2 Å². The lowest BCUT2D eigenvalue weighted by Gasteiger charge is -2.32. The van der Waals surface area contributed by atoms with Crippen LogP contribution in [0.3, 0.4) is 0 Å². The lowest BCUT2D eigenvalue weighted by Crippen LogP contribution is -2.59. The first-order chi connectivity index (χ1) is 13.9. The molecule has 154 valence electrons. The van der Waals surface area contributed by atoms with Crippen LogP contribution in [0.15, 0.2) is 45.3 Å². The highest BCUT2D eigenvalue weighted by atomic mass is 32.2. The molecule has 4 rings (SSSR count). The van der Waals surface area contributed by atoms with E-state index in [1.165, 1.54) is 12.6 Å². The molecule has 0 bridgehead atoms. The number of aliphatic imine (C=N–C) groups is 3. The Kier molecular flexibility index (Phi) is 5.17. The molecule has 0 aromatic heterocycles. The lowest BCUT2D eigenvalue weighted by atomic mass is 9.93. The second-order valence-electron chi connectivity index (χ2n) is 6.98. The van der Waals surface area contributed by atoms with Crippen LogP contribution in [-0.4, -0.2) is 91.9 Å². The van der Waals surface area contributed by atoms with Gasteiger partial charge in [-0.3, -0.25) is 19.7 Å². The average molecular weight is 419 g/mol. The summed E-state index contributed by atoms with van der Waals surface area (Å²) in [5.41, 5.74) is 5.20. The fourth-order valence-corrected chi connectivity index (χ4v) is 4.85. The number of rotatable bonds is 5. The molecule has 3 aliphatic heterocycles. The fraction of sp³-hybridized carbons (Fsp3) is 0.444. The van der Waals surface area contributed by atoms with Gasteiger partial charge in [-0.25, -0.2) is 9.98 Å². The number of carbonyl (C=O) groups is 1. The number of amidine groups is 1. The summed E-state index contributed by atoms with van der Waals surface area (Å²) in [6.45, 7) is -0.379. The minimum atomic E-state index is -1.75. The molecule has 0 saturated carbocycles. The molecule has 3 aliphatic rings. The molecule has 1 aromatic rings. The number of nitrogens with zero attached hydrogens (tertiary/aromatic N) is 4. The van der Waals surface area contributed by atoms with E-state index in [1.807, 2.05) is 0 Å². The van der Waals surface area contributed by atoms with Gasteiger partial charge in [-0.2, -0.15) is 0 Å².